The third-order valence-corrected chi connectivity index (χ3v) is 23.8. The average Bonchev–Trinajstić information content (AvgIpc) is 1.71. The van der Waals surface area contributed by atoms with E-state index in [0.717, 1.165) is 141 Å². The van der Waals surface area contributed by atoms with Gasteiger partial charge in [0.25, 0.3) is 0 Å². The monoisotopic (exact) mass is 1860 g/mol. The molecule has 9 aromatic carbocycles. The van der Waals surface area contributed by atoms with Crippen LogP contribution in [0.5, 0.6) is 40.2 Å². The van der Waals surface area contributed by atoms with Crippen molar-refractivity contribution in [2.45, 2.75) is 43.3 Å². The summed E-state index contributed by atoms with van der Waals surface area (Å²) in [6.45, 7) is 0.690. The Hall–Kier alpha value is -18.5. The van der Waals surface area contributed by atoms with Crippen LogP contribution >= 0.6 is 0 Å². The molecular formula is C104H80FN25O8S. The third-order valence-electron chi connectivity index (χ3n) is 22.5. The number of hydrogen-bond donors (Lipinski definition) is 0. The lowest BCUT2D eigenvalue weighted by Crippen LogP contribution is -2.05. The predicted octanol–water partition coefficient (Wildman–Crippen LogP) is 18.0. The van der Waals surface area contributed by atoms with Crippen molar-refractivity contribution in [3.63, 3.8) is 0 Å². The lowest BCUT2D eigenvalue weighted by molar-refractivity contribution is 0.296. The Morgan fingerprint density at radius 3 is 1.13 bits per heavy atom. The molecule has 0 fully saturated rings. The van der Waals surface area contributed by atoms with E-state index in [4.69, 9.17) is 38.3 Å². The van der Waals surface area contributed by atoms with E-state index in [1.54, 1.807) is 114 Å². The molecule has 0 amide bonds. The van der Waals surface area contributed by atoms with Crippen LogP contribution in [0.15, 0.2) is 345 Å². The van der Waals surface area contributed by atoms with Crippen molar-refractivity contribution in [3.8, 4) is 85.3 Å². The van der Waals surface area contributed by atoms with Crippen LogP contribution in [-0.4, -0.2) is 157 Å². The van der Waals surface area contributed by atoms with Gasteiger partial charge in [-0.05, 0) is 176 Å². The maximum Gasteiger partial charge on any atom is 0.192 e. The fourth-order valence-electron chi connectivity index (χ4n) is 15.5. The number of ether oxygens (including phenoxy) is 7. The molecular weight excluding hydrogens is 1780 g/mol. The summed E-state index contributed by atoms with van der Waals surface area (Å²) in [5.41, 5.74) is 15.6. The summed E-state index contributed by atoms with van der Waals surface area (Å²) in [4.78, 5) is 22.6. The molecule has 24 aromatic rings. The minimum absolute atomic E-state index is 0.159. The summed E-state index contributed by atoms with van der Waals surface area (Å²) in [5, 5.41) is 69.5. The maximum atomic E-state index is 13.6. The SMILES string of the molecule is COc1ccc2c(CCc3nnc4ccc(-c5ccccc5)nn34)ccnc2c1.COc1ccc2c(OCc3nnc4ccc(-c5cccc(F)c5)nn34)ccnc2c1.COc1ccc2c(OCc3nnc4cccnn34)ccnc2c1.COc1ccc2c(S(=O)Cc3nnc4ccc(-c5ccccc5)nn34)ccnc2c1.c1ccc(-c2ccc3nnc(COc4ccnc5ccccc45)n3n2)cc1. The lowest BCUT2D eigenvalue weighted by Gasteiger charge is -2.09. The molecule has 0 aliphatic rings. The number of pyridine rings is 5. The van der Waals surface area contributed by atoms with Gasteiger partial charge in [0.15, 0.2) is 57.4 Å². The van der Waals surface area contributed by atoms with Crippen molar-refractivity contribution in [1.82, 2.24) is 124 Å². The van der Waals surface area contributed by atoms with Gasteiger partial charge in [-0.25, -0.2) is 4.39 Å². The Balaban J connectivity index is 0.000000107. The largest absolute Gasteiger partial charge is 0.497 e. The normalized spacial score (nSPS) is 11.4. The van der Waals surface area contributed by atoms with Crippen LogP contribution < -0.4 is 33.2 Å². The van der Waals surface area contributed by atoms with Crippen molar-refractivity contribution in [2.75, 3.05) is 28.4 Å². The first-order valence-electron chi connectivity index (χ1n) is 43.7. The first-order chi connectivity index (χ1) is 68.5. The van der Waals surface area contributed by atoms with Gasteiger partial charge in [-0.3, -0.25) is 29.1 Å². The molecule has 139 heavy (non-hydrogen) atoms. The zero-order valence-corrected chi connectivity index (χ0v) is 75.6. The minimum atomic E-state index is -1.35. The molecule has 0 aliphatic heterocycles. The first-order valence-corrected chi connectivity index (χ1v) is 45.0. The summed E-state index contributed by atoms with van der Waals surface area (Å²) in [6, 6.07) is 95.1. The third kappa shape index (κ3) is 19.8. The van der Waals surface area contributed by atoms with Crippen LogP contribution in [0.4, 0.5) is 4.39 Å². The summed E-state index contributed by atoms with van der Waals surface area (Å²) in [6.07, 6.45) is 11.9. The zero-order valence-electron chi connectivity index (χ0n) is 74.8. The Labute approximate surface area is 792 Å². The van der Waals surface area contributed by atoms with Gasteiger partial charge in [0, 0.05) is 117 Å². The number of aromatic nitrogens is 25. The van der Waals surface area contributed by atoms with Gasteiger partial charge in [-0.2, -0.15) is 48.1 Å². The van der Waals surface area contributed by atoms with Gasteiger partial charge in [-0.1, -0.05) is 115 Å². The van der Waals surface area contributed by atoms with Crippen LogP contribution in [0.3, 0.4) is 0 Å². The Kier molecular flexibility index (Phi) is 26.0. The topological polar surface area (TPSA) is 362 Å². The number of aryl methyl sites for hydroxylation is 2. The highest BCUT2D eigenvalue weighted by Crippen LogP contribution is 2.34. The molecule has 15 heterocycles. The van der Waals surface area contributed by atoms with E-state index < -0.39 is 10.8 Å². The average molecular weight is 1860 g/mol. The number of methoxy groups -OCH3 is 4. The van der Waals surface area contributed by atoms with Gasteiger partial charge in [0.1, 0.15) is 65.9 Å². The van der Waals surface area contributed by atoms with Crippen LogP contribution in [0.1, 0.15) is 34.7 Å². The Bertz CT molecular complexity index is 8550. The van der Waals surface area contributed by atoms with E-state index in [0.29, 0.717) is 73.5 Å². The van der Waals surface area contributed by atoms with Crippen LogP contribution in [-0.2, 0) is 49.2 Å². The molecule has 24 rings (SSSR count). The number of fused-ring (bicyclic) bond motifs is 10. The van der Waals surface area contributed by atoms with Crippen LogP contribution in [0.25, 0.3) is 128 Å². The molecule has 33 nitrogen and oxygen atoms in total. The molecule has 682 valence electrons. The van der Waals surface area contributed by atoms with Gasteiger partial charge in [0.2, 0.25) is 0 Å². The second kappa shape index (κ2) is 40.9. The van der Waals surface area contributed by atoms with Crippen molar-refractivity contribution in [3.05, 3.63) is 381 Å². The van der Waals surface area contributed by atoms with E-state index in [2.05, 4.69) is 121 Å². The molecule has 0 aliphatic carbocycles. The number of nitrogens with zero attached hydrogens (tertiary/aromatic N) is 25. The highest BCUT2D eigenvalue weighted by atomic mass is 32.2. The highest BCUT2D eigenvalue weighted by Gasteiger charge is 2.21. The predicted molar refractivity (Wildman–Crippen MR) is 521 cm³/mol. The van der Waals surface area contributed by atoms with Crippen LogP contribution in [0.2, 0.25) is 0 Å². The number of benzene rings is 9. The molecule has 15 aromatic heterocycles. The molecule has 0 saturated carbocycles. The summed E-state index contributed by atoms with van der Waals surface area (Å²) in [7, 11) is 5.17. The standard InChI is InChI=1S/C23H19N5O.C22H16FN5O2.C22H17N5O2S.C21H15N5O.C16H13N5O2/c1-29-18-8-9-19-16(13-14-24-21(19)15-18)7-11-22-25-26-23-12-10-20(27-28(22)23)17-5-3-2-4-6-17;1-29-16-5-6-17-19(12-16)24-10-9-20(17)30-13-22-26-25-21-8-7-18(27-28(21)22)14-3-2-4-15(23)11-14;1-29-16-7-8-17-19(13-16)23-12-11-20(17)30(28)14-22-25-24-21-10-9-18(26-27(21)22)15-5-3-2-4-6-15;1-2-6-15(7-3-1)17-10-11-20-23-24-21(26(20)25-17)14-27-19-12-13-22-18-9-5-4-8-16(18)19;1-22-11-4-5-12-13(9-11)17-8-6-14(12)23-10-16-20-19-15-3-2-7-18-21(15)16/h2-6,8-10,12-15H,7,11H2,1H3;2-12H,13H2,1H3;2-13H,14H2,1H3;1-13H,14H2;2-9H,10H2,1H3. The molecule has 1 unspecified atom stereocenters. The lowest BCUT2D eigenvalue weighted by atomic mass is 10.0. The van der Waals surface area contributed by atoms with E-state index >= 15 is 0 Å². The molecule has 0 saturated heterocycles. The number of hydrogen-bond acceptors (Lipinski definition) is 28. The minimum Gasteiger partial charge on any atom is -0.497 e. The molecule has 0 radical (unpaired) electrons. The first kappa shape index (κ1) is 88.4. The van der Waals surface area contributed by atoms with E-state index in [1.165, 1.54) is 17.7 Å². The molecule has 1 atom stereocenters. The van der Waals surface area contributed by atoms with Gasteiger partial charge >= 0.3 is 0 Å². The zero-order chi connectivity index (χ0) is 94.3. The van der Waals surface area contributed by atoms with Gasteiger partial charge in [-0.15, -0.1) is 51.0 Å². The van der Waals surface area contributed by atoms with Gasteiger partial charge < -0.3 is 33.2 Å². The highest BCUT2D eigenvalue weighted by molar-refractivity contribution is 7.84. The number of para-hydroxylation sites is 1. The number of rotatable bonds is 23. The quantitative estimate of drug-likeness (QED) is 0.0574. The van der Waals surface area contributed by atoms with E-state index in [-0.39, 0.29) is 31.4 Å². The molecule has 0 bridgehead atoms. The fraction of sp³-hybridized carbons (Fsp3) is 0.0962. The van der Waals surface area contributed by atoms with Crippen LogP contribution in [0, 0.1) is 5.82 Å². The summed E-state index contributed by atoms with van der Waals surface area (Å²) < 4.78 is 74.2. The number of halogens is 1. The summed E-state index contributed by atoms with van der Waals surface area (Å²) >= 11 is 0. The second-order valence-corrected chi connectivity index (χ2v) is 32.5. The Morgan fingerprint density at radius 1 is 0.281 bits per heavy atom. The Morgan fingerprint density at radius 2 is 0.647 bits per heavy atom. The smallest absolute Gasteiger partial charge is 0.192 e. The summed E-state index contributed by atoms with van der Waals surface area (Å²) in [5.74, 6) is 8.23. The second-order valence-electron chi connectivity index (χ2n) is 31.0. The van der Waals surface area contributed by atoms with Crippen molar-refractivity contribution in [2.24, 2.45) is 0 Å². The van der Waals surface area contributed by atoms with E-state index in [1.807, 2.05) is 241 Å². The molecule has 0 spiro atoms. The maximum absolute atomic E-state index is 13.6. The fourth-order valence-corrected chi connectivity index (χ4v) is 16.7. The van der Waals surface area contributed by atoms with Crippen molar-refractivity contribution in [1.29, 1.82) is 0 Å². The van der Waals surface area contributed by atoms with Crippen molar-refractivity contribution < 1.29 is 41.8 Å². The molecule has 35 heteroatoms. The molecule has 0 N–H and O–H groups in total. The van der Waals surface area contributed by atoms with Crippen molar-refractivity contribution >= 4 is 93.6 Å². The van der Waals surface area contributed by atoms with E-state index in [9.17, 15) is 8.60 Å². The van der Waals surface area contributed by atoms with Gasteiger partial charge in [0.05, 0.1) is 100 Å².